The molecule has 0 fully saturated rings. The molecule has 0 heterocycles. The molecule has 2 rings (SSSR count). The molecule has 6 nitrogen and oxygen atoms in total. The predicted octanol–water partition coefficient (Wildman–Crippen LogP) is 2.70. The zero-order chi connectivity index (χ0) is 20.6. The van der Waals surface area contributed by atoms with Crippen molar-refractivity contribution in [2.75, 3.05) is 26.5 Å². The normalized spacial score (nSPS) is 11.9. The third-order valence-corrected chi connectivity index (χ3v) is 5.41. The van der Waals surface area contributed by atoms with Crippen molar-refractivity contribution in [2.45, 2.75) is 31.7 Å². The Labute approximate surface area is 168 Å². The second kappa shape index (κ2) is 10.1. The van der Waals surface area contributed by atoms with E-state index in [1.165, 1.54) is 6.26 Å². The van der Waals surface area contributed by atoms with Crippen molar-refractivity contribution in [3.8, 4) is 5.75 Å². The molecule has 2 N–H and O–H groups in total. The lowest BCUT2D eigenvalue weighted by Gasteiger charge is -2.12. The van der Waals surface area contributed by atoms with E-state index < -0.39 is 9.84 Å². The lowest BCUT2D eigenvalue weighted by molar-refractivity contribution is 0.411. The zero-order valence-electron chi connectivity index (χ0n) is 17.0. The molecule has 0 aliphatic rings. The maximum absolute atomic E-state index is 11.5. The molecule has 0 bridgehead atoms. The number of nitrogens with one attached hydrogen (secondary N) is 2. The van der Waals surface area contributed by atoms with Crippen molar-refractivity contribution >= 4 is 15.8 Å². The summed E-state index contributed by atoms with van der Waals surface area (Å²) in [5.74, 6) is 1.63. The highest BCUT2D eigenvalue weighted by atomic mass is 32.2. The van der Waals surface area contributed by atoms with Crippen LogP contribution in [0.5, 0.6) is 5.75 Å². The molecular formula is C21H29N3O3S. The second-order valence-corrected chi connectivity index (χ2v) is 8.61. The summed E-state index contributed by atoms with van der Waals surface area (Å²) in [4.78, 5) is 4.97. The number of hydrogen-bond donors (Lipinski definition) is 2. The van der Waals surface area contributed by atoms with Crippen molar-refractivity contribution in [3.63, 3.8) is 0 Å². The molecule has 0 saturated heterocycles. The molecule has 0 saturated carbocycles. The van der Waals surface area contributed by atoms with Crippen molar-refractivity contribution in [1.82, 2.24) is 10.6 Å². The molecule has 2 aromatic carbocycles. The Bertz CT molecular complexity index is 907. The highest BCUT2D eigenvalue weighted by molar-refractivity contribution is 7.90. The van der Waals surface area contributed by atoms with Crippen LogP contribution in [-0.2, 0) is 22.8 Å². The van der Waals surface area contributed by atoms with Gasteiger partial charge in [-0.2, -0.15) is 0 Å². The molecule has 0 aromatic heterocycles. The molecule has 152 valence electrons. The molecule has 0 aliphatic carbocycles. The molecular weight excluding hydrogens is 374 g/mol. The Kier molecular flexibility index (Phi) is 7.87. The summed E-state index contributed by atoms with van der Waals surface area (Å²) in [6.07, 6.45) is 1.99. The maximum atomic E-state index is 11.5. The van der Waals surface area contributed by atoms with E-state index in [9.17, 15) is 8.42 Å². The van der Waals surface area contributed by atoms with Gasteiger partial charge in [0.1, 0.15) is 5.75 Å². The number of aryl methyl sites for hydroxylation is 1. The second-order valence-electron chi connectivity index (χ2n) is 6.59. The van der Waals surface area contributed by atoms with Gasteiger partial charge in [-0.25, -0.2) is 13.4 Å². The van der Waals surface area contributed by atoms with E-state index in [1.807, 2.05) is 38.1 Å². The number of sulfone groups is 1. The van der Waals surface area contributed by atoms with Gasteiger partial charge in [-0.3, -0.25) is 0 Å². The molecule has 0 aliphatic heterocycles. The van der Waals surface area contributed by atoms with Gasteiger partial charge in [0.05, 0.1) is 18.6 Å². The van der Waals surface area contributed by atoms with Crippen LogP contribution in [0.3, 0.4) is 0 Å². The molecule has 0 amide bonds. The fraction of sp³-hybridized carbons (Fsp3) is 0.381. The van der Waals surface area contributed by atoms with E-state index in [2.05, 4.69) is 21.7 Å². The Morgan fingerprint density at radius 1 is 1.07 bits per heavy atom. The number of rotatable bonds is 8. The van der Waals surface area contributed by atoms with E-state index in [4.69, 9.17) is 4.74 Å². The Hall–Kier alpha value is -2.54. The monoisotopic (exact) mass is 403 g/mol. The smallest absolute Gasteiger partial charge is 0.191 e. The van der Waals surface area contributed by atoms with Crippen molar-refractivity contribution in [2.24, 2.45) is 4.99 Å². The predicted molar refractivity (Wildman–Crippen MR) is 114 cm³/mol. The first-order valence-corrected chi connectivity index (χ1v) is 11.2. The van der Waals surface area contributed by atoms with E-state index in [0.717, 1.165) is 41.4 Å². The van der Waals surface area contributed by atoms with Crippen LogP contribution < -0.4 is 15.4 Å². The number of ether oxygens (including phenoxy) is 1. The SMILES string of the molecule is CCNC(=NCc1ccc(OC)c(C)c1)NCCc1ccc(S(C)(=O)=O)cc1. The number of guanidine groups is 1. The Morgan fingerprint density at radius 3 is 2.32 bits per heavy atom. The van der Waals surface area contributed by atoms with Crippen LogP contribution in [0, 0.1) is 6.92 Å². The minimum atomic E-state index is -3.15. The van der Waals surface area contributed by atoms with Gasteiger partial charge >= 0.3 is 0 Å². The van der Waals surface area contributed by atoms with Gasteiger partial charge in [-0.1, -0.05) is 24.3 Å². The first-order valence-electron chi connectivity index (χ1n) is 9.28. The molecule has 28 heavy (non-hydrogen) atoms. The number of aliphatic imine (C=N–C) groups is 1. The van der Waals surface area contributed by atoms with Crippen LogP contribution in [0.15, 0.2) is 52.4 Å². The lowest BCUT2D eigenvalue weighted by Crippen LogP contribution is -2.38. The minimum Gasteiger partial charge on any atom is -0.496 e. The van der Waals surface area contributed by atoms with Gasteiger partial charge in [0.2, 0.25) is 0 Å². The van der Waals surface area contributed by atoms with Crippen molar-refractivity contribution in [1.29, 1.82) is 0 Å². The molecule has 0 radical (unpaired) electrons. The topological polar surface area (TPSA) is 79.8 Å². The third-order valence-electron chi connectivity index (χ3n) is 4.28. The quantitative estimate of drug-likeness (QED) is 0.523. The summed E-state index contributed by atoms with van der Waals surface area (Å²) in [6.45, 7) is 6.09. The van der Waals surface area contributed by atoms with E-state index in [0.29, 0.717) is 18.0 Å². The first kappa shape index (κ1) is 21.8. The number of nitrogens with zero attached hydrogens (tertiary/aromatic N) is 1. The Balaban J connectivity index is 1.93. The summed E-state index contributed by atoms with van der Waals surface area (Å²) in [5.41, 5.74) is 3.28. The fourth-order valence-corrected chi connectivity index (χ4v) is 3.41. The highest BCUT2D eigenvalue weighted by Gasteiger charge is 2.06. The van der Waals surface area contributed by atoms with Gasteiger partial charge in [-0.05, 0) is 55.2 Å². The van der Waals surface area contributed by atoms with Gasteiger partial charge in [0.15, 0.2) is 15.8 Å². The van der Waals surface area contributed by atoms with Gasteiger partial charge in [0.25, 0.3) is 0 Å². The average Bonchev–Trinajstić information content (AvgIpc) is 2.66. The summed E-state index contributed by atoms with van der Waals surface area (Å²) >= 11 is 0. The molecule has 0 unspecified atom stereocenters. The van der Waals surface area contributed by atoms with Gasteiger partial charge < -0.3 is 15.4 Å². The highest BCUT2D eigenvalue weighted by Crippen LogP contribution is 2.18. The largest absolute Gasteiger partial charge is 0.496 e. The van der Waals surface area contributed by atoms with Crippen LogP contribution in [0.2, 0.25) is 0 Å². The fourth-order valence-electron chi connectivity index (χ4n) is 2.78. The van der Waals surface area contributed by atoms with Crippen LogP contribution in [0.25, 0.3) is 0 Å². The third kappa shape index (κ3) is 6.56. The summed E-state index contributed by atoms with van der Waals surface area (Å²) in [5, 5.41) is 6.56. The molecule has 7 heteroatoms. The van der Waals surface area contributed by atoms with Crippen LogP contribution in [-0.4, -0.2) is 40.8 Å². The first-order chi connectivity index (χ1) is 13.3. The minimum absolute atomic E-state index is 0.342. The standard InChI is InChI=1S/C21H29N3O3S/c1-5-22-21(24-15-18-8-11-20(27-3)16(2)14-18)23-13-12-17-6-9-19(10-7-17)28(4,25)26/h6-11,14H,5,12-13,15H2,1-4H3,(H2,22,23,24). The summed E-state index contributed by atoms with van der Waals surface area (Å²) in [7, 11) is -1.49. The molecule has 0 atom stereocenters. The Morgan fingerprint density at radius 2 is 1.75 bits per heavy atom. The van der Waals surface area contributed by atoms with E-state index in [1.54, 1.807) is 19.2 Å². The van der Waals surface area contributed by atoms with Crippen molar-refractivity contribution < 1.29 is 13.2 Å². The number of methoxy groups -OCH3 is 1. The van der Waals surface area contributed by atoms with E-state index >= 15 is 0 Å². The average molecular weight is 404 g/mol. The van der Waals surface area contributed by atoms with E-state index in [-0.39, 0.29) is 0 Å². The van der Waals surface area contributed by atoms with Crippen LogP contribution >= 0.6 is 0 Å². The van der Waals surface area contributed by atoms with Crippen LogP contribution in [0.1, 0.15) is 23.6 Å². The summed E-state index contributed by atoms with van der Waals surface area (Å²) < 4.78 is 28.3. The summed E-state index contributed by atoms with van der Waals surface area (Å²) in [6, 6.07) is 13.1. The maximum Gasteiger partial charge on any atom is 0.191 e. The zero-order valence-corrected chi connectivity index (χ0v) is 17.8. The van der Waals surface area contributed by atoms with Gasteiger partial charge in [-0.15, -0.1) is 0 Å². The van der Waals surface area contributed by atoms with Crippen LogP contribution in [0.4, 0.5) is 0 Å². The molecule has 2 aromatic rings. The number of benzene rings is 2. The lowest BCUT2D eigenvalue weighted by atomic mass is 10.1. The van der Waals surface area contributed by atoms with Gasteiger partial charge in [0, 0.05) is 19.3 Å². The van der Waals surface area contributed by atoms with Crippen molar-refractivity contribution in [3.05, 3.63) is 59.2 Å². The number of hydrogen-bond acceptors (Lipinski definition) is 4. The molecule has 0 spiro atoms.